The Morgan fingerprint density at radius 2 is 2.17 bits per heavy atom. The van der Waals surface area contributed by atoms with Crippen LogP contribution in [0.3, 0.4) is 0 Å². The van der Waals surface area contributed by atoms with Gasteiger partial charge in [-0.05, 0) is 49.5 Å². The van der Waals surface area contributed by atoms with Crippen molar-refractivity contribution in [2.24, 2.45) is 5.92 Å². The second-order valence-electron chi connectivity index (χ2n) is 4.68. The predicted octanol–water partition coefficient (Wildman–Crippen LogP) is 1.86. The van der Waals surface area contributed by atoms with E-state index in [0.717, 1.165) is 31.5 Å². The first-order valence-electron chi connectivity index (χ1n) is 6.30. The minimum atomic E-state index is -0.741. The van der Waals surface area contributed by atoms with E-state index in [-0.39, 0.29) is 5.92 Å². The Kier molecular flexibility index (Phi) is 4.20. The Bertz CT molecular complexity index is 413. The molecule has 1 unspecified atom stereocenters. The molecule has 0 aromatic heterocycles. The van der Waals surface area contributed by atoms with E-state index in [1.165, 1.54) is 0 Å². The number of piperidine rings is 1. The zero-order chi connectivity index (χ0) is 13.0. The average molecular weight is 249 g/mol. The lowest BCUT2D eigenvalue weighted by molar-refractivity contribution is -0.140. The zero-order valence-corrected chi connectivity index (χ0v) is 10.6. The maximum atomic E-state index is 11.5. The van der Waals surface area contributed by atoms with Gasteiger partial charge >= 0.3 is 5.97 Å². The number of benzene rings is 1. The third-order valence-electron chi connectivity index (χ3n) is 3.57. The number of carboxylic acid groups (broad SMARTS) is 1. The molecule has 0 amide bonds. The molecule has 18 heavy (non-hydrogen) atoms. The molecule has 1 atom stereocenters. The summed E-state index contributed by atoms with van der Waals surface area (Å²) in [5.41, 5.74) is 0.841. The molecule has 1 aromatic rings. The minimum absolute atomic E-state index is 0.204. The van der Waals surface area contributed by atoms with Crippen LogP contribution in [0.4, 0.5) is 0 Å². The van der Waals surface area contributed by atoms with E-state index in [9.17, 15) is 9.90 Å². The van der Waals surface area contributed by atoms with Crippen molar-refractivity contribution in [2.75, 3.05) is 20.2 Å². The van der Waals surface area contributed by atoms with Gasteiger partial charge in [-0.2, -0.15) is 0 Å². The van der Waals surface area contributed by atoms with E-state index >= 15 is 0 Å². The Morgan fingerprint density at radius 3 is 2.78 bits per heavy atom. The van der Waals surface area contributed by atoms with E-state index in [1.54, 1.807) is 7.11 Å². The van der Waals surface area contributed by atoms with Crippen LogP contribution in [0.2, 0.25) is 0 Å². The lowest BCUT2D eigenvalue weighted by Gasteiger charge is -2.28. The lowest BCUT2D eigenvalue weighted by atomic mass is 9.80. The number of methoxy groups -OCH3 is 1. The second kappa shape index (κ2) is 5.87. The Balaban J connectivity index is 2.25. The standard InChI is InChI=1S/C14H19NO3/c1-18-12-4-2-3-11(9-12)13(14(16)17)10-5-7-15-8-6-10/h2-4,9-10,13,15H,5-8H2,1H3,(H,16,17). The van der Waals surface area contributed by atoms with Crippen molar-refractivity contribution in [1.29, 1.82) is 0 Å². The molecular weight excluding hydrogens is 230 g/mol. The van der Waals surface area contributed by atoms with Gasteiger partial charge < -0.3 is 15.2 Å². The highest BCUT2D eigenvalue weighted by Crippen LogP contribution is 2.32. The fourth-order valence-corrected chi connectivity index (χ4v) is 2.63. The summed E-state index contributed by atoms with van der Waals surface area (Å²) in [6.07, 6.45) is 1.82. The van der Waals surface area contributed by atoms with Crippen molar-refractivity contribution >= 4 is 5.97 Å². The number of hydrogen-bond acceptors (Lipinski definition) is 3. The number of carboxylic acids is 1. The van der Waals surface area contributed by atoms with Crippen molar-refractivity contribution in [2.45, 2.75) is 18.8 Å². The Labute approximate surface area is 107 Å². The number of carbonyl (C=O) groups is 1. The highest BCUT2D eigenvalue weighted by molar-refractivity contribution is 5.76. The van der Waals surface area contributed by atoms with E-state index < -0.39 is 11.9 Å². The van der Waals surface area contributed by atoms with E-state index in [1.807, 2.05) is 24.3 Å². The van der Waals surface area contributed by atoms with Gasteiger partial charge in [0.2, 0.25) is 0 Å². The largest absolute Gasteiger partial charge is 0.497 e. The van der Waals surface area contributed by atoms with Gasteiger partial charge in [0.05, 0.1) is 13.0 Å². The first-order chi connectivity index (χ1) is 8.72. The molecule has 0 aliphatic carbocycles. The molecule has 0 radical (unpaired) electrons. The molecule has 1 saturated heterocycles. The van der Waals surface area contributed by atoms with Crippen LogP contribution in [-0.4, -0.2) is 31.3 Å². The Hall–Kier alpha value is -1.55. The van der Waals surface area contributed by atoms with Crippen LogP contribution in [0.15, 0.2) is 24.3 Å². The highest BCUT2D eigenvalue weighted by Gasteiger charge is 2.30. The molecule has 1 aliphatic rings. The quantitative estimate of drug-likeness (QED) is 0.855. The molecule has 2 N–H and O–H groups in total. The summed E-state index contributed by atoms with van der Waals surface area (Å²) in [6.45, 7) is 1.80. The van der Waals surface area contributed by atoms with Gasteiger partial charge in [-0.15, -0.1) is 0 Å². The van der Waals surface area contributed by atoms with Crippen molar-refractivity contribution in [3.05, 3.63) is 29.8 Å². The predicted molar refractivity (Wildman–Crippen MR) is 69.0 cm³/mol. The summed E-state index contributed by atoms with van der Waals surface area (Å²) in [4.78, 5) is 11.5. The average Bonchev–Trinajstić information content (AvgIpc) is 2.40. The van der Waals surface area contributed by atoms with Gasteiger partial charge in [0.25, 0.3) is 0 Å². The first-order valence-corrected chi connectivity index (χ1v) is 6.30. The maximum Gasteiger partial charge on any atom is 0.311 e. The molecule has 1 aromatic carbocycles. The van der Waals surface area contributed by atoms with Gasteiger partial charge in [-0.25, -0.2) is 0 Å². The molecule has 1 aliphatic heterocycles. The van der Waals surface area contributed by atoms with E-state index in [4.69, 9.17) is 4.74 Å². The molecule has 1 heterocycles. The van der Waals surface area contributed by atoms with Crippen LogP contribution in [-0.2, 0) is 4.79 Å². The number of ether oxygens (including phenoxy) is 1. The van der Waals surface area contributed by atoms with E-state index in [2.05, 4.69) is 5.32 Å². The van der Waals surface area contributed by atoms with Crippen molar-refractivity contribution in [3.63, 3.8) is 0 Å². The SMILES string of the molecule is COc1cccc(C(C(=O)O)C2CCNCC2)c1. The van der Waals surface area contributed by atoms with Crippen molar-refractivity contribution < 1.29 is 14.6 Å². The molecule has 4 heteroatoms. The van der Waals surface area contributed by atoms with Crippen LogP contribution >= 0.6 is 0 Å². The van der Waals surface area contributed by atoms with Gasteiger partial charge in [-0.3, -0.25) is 4.79 Å². The van der Waals surface area contributed by atoms with Gasteiger partial charge in [-0.1, -0.05) is 12.1 Å². The molecule has 1 fully saturated rings. The molecule has 4 nitrogen and oxygen atoms in total. The van der Waals surface area contributed by atoms with Gasteiger partial charge in [0, 0.05) is 0 Å². The van der Waals surface area contributed by atoms with Crippen LogP contribution in [0.25, 0.3) is 0 Å². The molecule has 0 saturated carbocycles. The summed E-state index contributed by atoms with van der Waals surface area (Å²) in [5, 5.41) is 12.7. The Morgan fingerprint density at radius 1 is 1.44 bits per heavy atom. The second-order valence-corrected chi connectivity index (χ2v) is 4.68. The van der Waals surface area contributed by atoms with Crippen LogP contribution in [0, 0.1) is 5.92 Å². The number of nitrogens with one attached hydrogen (secondary N) is 1. The van der Waals surface area contributed by atoms with Crippen LogP contribution in [0.5, 0.6) is 5.75 Å². The number of rotatable bonds is 4. The normalized spacial score (nSPS) is 18.3. The summed E-state index contributed by atoms with van der Waals surface area (Å²) in [7, 11) is 1.60. The fourth-order valence-electron chi connectivity index (χ4n) is 2.63. The summed E-state index contributed by atoms with van der Waals surface area (Å²) >= 11 is 0. The van der Waals surface area contributed by atoms with Crippen molar-refractivity contribution in [1.82, 2.24) is 5.32 Å². The monoisotopic (exact) mass is 249 g/mol. The number of aliphatic carboxylic acids is 1. The van der Waals surface area contributed by atoms with Crippen LogP contribution < -0.4 is 10.1 Å². The summed E-state index contributed by atoms with van der Waals surface area (Å²) in [5.74, 6) is -0.249. The van der Waals surface area contributed by atoms with Crippen LogP contribution in [0.1, 0.15) is 24.3 Å². The topological polar surface area (TPSA) is 58.6 Å². The molecular formula is C14H19NO3. The summed E-state index contributed by atoms with van der Waals surface area (Å²) in [6, 6.07) is 7.40. The maximum absolute atomic E-state index is 11.5. The van der Waals surface area contributed by atoms with Gasteiger partial charge in [0.15, 0.2) is 0 Å². The number of hydrogen-bond donors (Lipinski definition) is 2. The highest BCUT2D eigenvalue weighted by atomic mass is 16.5. The van der Waals surface area contributed by atoms with Crippen molar-refractivity contribution in [3.8, 4) is 5.75 Å². The third kappa shape index (κ3) is 2.82. The smallest absolute Gasteiger partial charge is 0.311 e. The lowest BCUT2D eigenvalue weighted by Crippen LogP contribution is -2.33. The molecule has 2 rings (SSSR count). The minimum Gasteiger partial charge on any atom is -0.497 e. The molecule has 98 valence electrons. The third-order valence-corrected chi connectivity index (χ3v) is 3.57. The first kappa shape index (κ1) is 12.9. The fraction of sp³-hybridized carbons (Fsp3) is 0.500. The molecule has 0 spiro atoms. The zero-order valence-electron chi connectivity index (χ0n) is 10.6. The van der Waals surface area contributed by atoms with E-state index in [0.29, 0.717) is 5.75 Å². The van der Waals surface area contributed by atoms with Gasteiger partial charge in [0.1, 0.15) is 5.75 Å². The summed E-state index contributed by atoms with van der Waals surface area (Å²) < 4.78 is 5.17. The molecule has 0 bridgehead atoms.